The van der Waals surface area contributed by atoms with Gasteiger partial charge in [0.1, 0.15) is 17.6 Å². The lowest BCUT2D eigenvalue weighted by atomic mass is 9.87. The highest BCUT2D eigenvalue weighted by atomic mass is 16.5. The molecule has 2 aromatic carbocycles. The Labute approximate surface area is 186 Å². The quantitative estimate of drug-likeness (QED) is 0.709. The monoisotopic (exact) mass is 424 g/mol. The second kappa shape index (κ2) is 10.2. The molecular formula is C26H36N2O3. The first-order valence-electron chi connectivity index (χ1n) is 11.2. The zero-order chi connectivity index (χ0) is 22.4. The van der Waals surface area contributed by atoms with Crippen LogP contribution in [0.15, 0.2) is 48.5 Å². The van der Waals surface area contributed by atoms with Crippen LogP contribution in [-0.4, -0.2) is 43.2 Å². The Kier molecular flexibility index (Phi) is 7.60. The number of ether oxygens (including phenoxy) is 2. The molecule has 1 heterocycles. The van der Waals surface area contributed by atoms with Crippen LogP contribution >= 0.6 is 0 Å². The SMILES string of the molecule is C[C@H](Oc1ccc(C(C)(C)C)cc1)C(=O)NCc1ccc(OC2CCN(C)CC2)cc1. The third kappa shape index (κ3) is 7.00. The molecule has 1 atom stereocenters. The summed E-state index contributed by atoms with van der Waals surface area (Å²) in [7, 11) is 2.15. The molecule has 168 valence electrons. The number of piperidine rings is 1. The van der Waals surface area contributed by atoms with Crippen LogP contribution in [0, 0.1) is 0 Å². The number of nitrogens with one attached hydrogen (secondary N) is 1. The maximum atomic E-state index is 12.4. The van der Waals surface area contributed by atoms with E-state index in [-0.39, 0.29) is 17.4 Å². The van der Waals surface area contributed by atoms with Gasteiger partial charge in [-0.1, -0.05) is 45.0 Å². The number of rotatable bonds is 7. The first-order valence-corrected chi connectivity index (χ1v) is 11.2. The van der Waals surface area contributed by atoms with Crippen LogP contribution in [0.25, 0.3) is 0 Å². The molecule has 1 saturated heterocycles. The van der Waals surface area contributed by atoms with Gasteiger partial charge in [-0.15, -0.1) is 0 Å². The van der Waals surface area contributed by atoms with Gasteiger partial charge in [0, 0.05) is 19.6 Å². The van der Waals surface area contributed by atoms with Gasteiger partial charge in [-0.3, -0.25) is 4.79 Å². The Bertz CT molecular complexity index is 832. The van der Waals surface area contributed by atoms with Crippen molar-refractivity contribution in [3.05, 3.63) is 59.7 Å². The number of amides is 1. The summed E-state index contributed by atoms with van der Waals surface area (Å²) in [5.41, 5.74) is 2.36. The van der Waals surface area contributed by atoms with Gasteiger partial charge in [-0.25, -0.2) is 0 Å². The molecule has 1 fully saturated rings. The lowest BCUT2D eigenvalue weighted by molar-refractivity contribution is -0.127. The van der Waals surface area contributed by atoms with E-state index in [1.165, 1.54) is 5.56 Å². The van der Waals surface area contributed by atoms with E-state index in [0.717, 1.165) is 37.2 Å². The van der Waals surface area contributed by atoms with E-state index in [2.05, 4.69) is 50.2 Å². The molecule has 0 spiro atoms. The summed E-state index contributed by atoms with van der Waals surface area (Å²) in [5.74, 6) is 1.46. The zero-order valence-corrected chi connectivity index (χ0v) is 19.5. The molecule has 5 nitrogen and oxygen atoms in total. The highest BCUT2D eigenvalue weighted by Crippen LogP contribution is 2.24. The van der Waals surface area contributed by atoms with Gasteiger partial charge in [0.2, 0.25) is 0 Å². The summed E-state index contributed by atoms with van der Waals surface area (Å²) in [6.07, 6.45) is 1.85. The summed E-state index contributed by atoms with van der Waals surface area (Å²) >= 11 is 0. The fraction of sp³-hybridized carbons (Fsp3) is 0.500. The minimum atomic E-state index is -0.562. The maximum absolute atomic E-state index is 12.4. The van der Waals surface area contributed by atoms with Crippen LogP contribution < -0.4 is 14.8 Å². The number of benzene rings is 2. The summed E-state index contributed by atoms with van der Waals surface area (Å²) in [5, 5.41) is 2.95. The topological polar surface area (TPSA) is 50.8 Å². The number of nitrogens with zero attached hydrogens (tertiary/aromatic N) is 1. The van der Waals surface area contributed by atoms with Crippen LogP contribution in [-0.2, 0) is 16.8 Å². The second-order valence-corrected chi connectivity index (χ2v) is 9.52. The molecule has 31 heavy (non-hydrogen) atoms. The zero-order valence-electron chi connectivity index (χ0n) is 19.5. The number of likely N-dealkylation sites (tertiary alicyclic amines) is 1. The molecule has 1 amide bonds. The van der Waals surface area contributed by atoms with Crippen LogP contribution in [0.4, 0.5) is 0 Å². The van der Waals surface area contributed by atoms with E-state index < -0.39 is 6.10 Å². The Morgan fingerprint density at radius 1 is 1.03 bits per heavy atom. The van der Waals surface area contributed by atoms with Crippen molar-refractivity contribution in [3.63, 3.8) is 0 Å². The fourth-order valence-electron chi connectivity index (χ4n) is 3.61. The number of carbonyl (C=O) groups is 1. The first-order chi connectivity index (χ1) is 14.7. The van der Waals surface area contributed by atoms with Gasteiger partial charge in [0.25, 0.3) is 5.91 Å². The van der Waals surface area contributed by atoms with Gasteiger partial charge in [-0.05, 0) is 67.6 Å². The standard InChI is InChI=1S/C26H36N2O3/c1-19(30-22-12-8-21(9-13-22)26(2,3)4)25(29)27-18-20-6-10-23(11-7-20)31-24-14-16-28(5)17-15-24/h6-13,19,24H,14-18H2,1-5H3,(H,27,29)/t19-/m0/s1. The Morgan fingerprint density at radius 3 is 2.19 bits per heavy atom. The van der Waals surface area contributed by atoms with E-state index in [1.54, 1.807) is 6.92 Å². The summed E-state index contributed by atoms with van der Waals surface area (Å²) < 4.78 is 11.9. The Hall–Kier alpha value is -2.53. The third-order valence-corrected chi connectivity index (χ3v) is 5.76. The molecular weight excluding hydrogens is 388 g/mol. The second-order valence-electron chi connectivity index (χ2n) is 9.52. The van der Waals surface area contributed by atoms with Crippen LogP contribution in [0.2, 0.25) is 0 Å². The molecule has 0 aromatic heterocycles. The van der Waals surface area contributed by atoms with Crippen molar-refractivity contribution in [2.75, 3.05) is 20.1 Å². The highest BCUT2D eigenvalue weighted by Gasteiger charge is 2.18. The Balaban J connectivity index is 1.44. The normalized spacial score (nSPS) is 16.5. The molecule has 2 aromatic rings. The molecule has 5 heteroatoms. The minimum Gasteiger partial charge on any atom is -0.490 e. The molecule has 3 rings (SSSR count). The predicted molar refractivity (Wildman–Crippen MR) is 125 cm³/mol. The maximum Gasteiger partial charge on any atom is 0.261 e. The molecule has 0 aliphatic carbocycles. The molecule has 1 aliphatic rings. The molecule has 1 aliphatic heterocycles. The van der Waals surface area contributed by atoms with E-state index >= 15 is 0 Å². The van der Waals surface area contributed by atoms with Crippen LogP contribution in [0.1, 0.15) is 51.7 Å². The molecule has 0 unspecified atom stereocenters. The van der Waals surface area contributed by atoms with Crippen LogP contribution in [0.3, 0.4) is 0 Å². The smallest absolute Gasteiger partial charge is 0.261 e. The lowest BCUT2D eigenvalue weighted by Gasteiger charge is -2.29. The number of carbonyl (C=O) groups excluding carboxylic acids is 1. The minimum absolute atomic E-state index is 0.0925. The van der Waals surface area contributed by atoms with Crippen molar-refractivity contribution >= 4 is 5.91 Å². The predicted octanol–water partition coefficient (Wildman–Crippen LogP) is 4.54. The van der Waals surface area contributed by atoms with Crippen LogP contribution in [0.5, 0.6) is 11.5 Å². The van der Waals surface area contributed by atoms with Crippen molar-refractivity contribution in [3.8, 4) is 11.5 Å². The first kappa shape index (κ1) is 23.1. The van der Waals surface area contributed by atoms with Crippen molar-refractivity contribution < 1.29 is 14.3 Å². The molecule has 0 saturated carbocycles. The summed E-state index contributed by atoms with van der Waals surface area (Å²) in [6.45, 7) is 10.9. The van der Waals surface area contributed by atoms with Crippen molar-refractivity contribution in [2.45, 2.75) is 64.7 Å². The summed E-state index contributed by atoms with van der Waals surface area (Å²) in [6, 6.07) is 15.9. The van der Waals surface area contributed by atoms with Gasteiger partial charge in [-0.2, -0.15) is 0 Å². The van der Waals surface area contributed by atoms with Crippen molar-refractivity contribution in [1.82, 2.24) is 10.2 Å². The van der Waals surface area contributed by atoms with E-state index in [0.29, 0.717) is 12.3 Å². The molecule has 1 N–H and O–H groups in total. The fourth-order valence-corrected chi connectivity index (χ4v) is 3.61. The van der Waals surface area contributed by atoms with Gasteiger partial charge < -0.3 is 19.7 Å². The average molecular weight is 425 g/mol. The van der Waals surface area contributed by atoms with Crippen molar-refractivity contribution in [2.24, 2.45) is 0 Å². The number of hydrogen-bond donors (Lipinski definition) is 1. The van der Waals surface area contributed by atoms with E-state index in [4.69, 9.17) is 9.47 Å². The van der Waals surface area contributed by atoms with Gasteiger partial charge in [0.15, 0.2) is 6.10 Å². The third-order valence-electron chi connectivity index (χ3n) is 5.76. The summed E-state index contributed by atoms with van der Waals surface area (Å²) in [4.78, 5) is 14.8. The number of hydrogen-bond acceptors (Lipinski definition) is 4. The van der Waals surface area contributed by atoms with E-state index in [1.807, 2.05) is 36.4 Å². The van der Waals surface area contributed by atoms with Gasteiger partial charge >= 0.3 is 0 Å². The van der Waals surface area contributed by atoms with E-state index in [9.17, 15) is 4.79 Å². The Morgan fingerprint density at radius 2 is 1.61 bits per heavy atom. The highest BCUT2D eigenvalue weighted by molar-refractivity contribution is 5.80. The largest absolute Gasteiger partial charge is 0.490 e. The molecule has 0 bridgehead atoms. The van der Waals surface area contributed by atoms with Gasteiger partial charge in [0.05, 0.1) is 0 Å². The average Bonchev–Trinajstić information content (AvgIpc) is 2.74. The van der Waals surface area contributed by atoms with Crippen molar-refractivity contribution in [1.29, 1.82) is 0 Å². The lowest BCUT2D eigenvalue weighted by Crippen LogP contribution is -2.36. The molecule has 0 radical (unpaired) electrons.